The number of rotatable bonds is 1. The van der Waals surface area contributed by atoms with E-state index in [9.17, 15) is 4.79 Å². The van der Waals surface area contributed by atoms with E-state index < -0.39 is 0 Å². The van der Waals surface area contributed by atoms with E-state index >= 15 is 0 Å². The minimum absolute atomic E-state index is 0.101. The molecule has 0 aliphatic carbocycles. The fourth-order valence-electron chi connectivity index (χ4n) is 4.00. The van der Waals surface area contributed by atoms with E-state index in [4.69, 9.17) is 4.74 Å². The topological polar surface area (TPSA) is 36.0 Å². The zero-order valence-corrected chi connectivity index (χ0v) is 12.9. The Hall–Kier alpha value is -1.59. The Morgan fingerprint density at radius 3 is 2.64 bits per heavy atom. The molecule has 0 aromatic heterocycles. The highest BCUT2D eigenvalue weighted by Crippen LogP contribution is 2.39. The monoisotopic (exact) mass is 301 g/mol. The van der Waals surface area contributed by atoms with E-state index in [1.165, 1.54) is 18.4 Å². The molecule has 0 N–H and O–H groups in total. The van der Waals surface area contributed by atoms with Gasteiger partial charge in [0.05, 0.1) is 13.2 Å². The SMILES string of the molecule is O=C(N1CCOCC1)N1CC2CCCN2C1c1ccccc1. The first-order chi connectivity index (χ1) is 10.8. The molecule has 22 heavy (non-hydrogen) atoms. The standard InChI is InChI=1S/C17H23N3O2/c21-17(18-9-11-22-12-10-18)20-13-15-7-4-8-19(15)16(20)14-5-2-1-3-6-14/h1-3,5-6,15-16H,4,7-13H2. The fourth-order valence-corrected chi connectivity index (χ4v) is 4.00. The van der Waals surface area contributed by atoms with Crippen molar-refractivity contribution in [2.24, 2.45) is 0 Å². The van der Waals surface area contributed by atoms with Crippen LogP contribution in [0.4, 0.5) is 4.79 Å². The largest absolute Gasteiger partial charge is 0.378 e. The number of hydrogen-bond acceptors (Lipinski definition) is 3. The number of carbonyl (C=O) groups is 1. The van der Waals surface area contributed by atoms with Crippen LogP contribution < -0.4 is 0 Å². The van der Waals surface area contributed by atoms with Crippen LogP contribution >= 0.6 is 0 Å². The van der Waals surface area contributed by atoms with Gasteiger partial charge in [0, 0.05) is 32.2 Å². The molecular formula is C17H23N3O2. The van der Waals surface area contributed by atoms with Crippen molar-refractivity contribution in [3.8, 4) is 0 Å². The molecule has 2 unspecified atom stereocenters. The fraction of sp³-hybridized carbons (Fsp3) is 0.588. The van der Waals surface area contributed by atoms with Gasteiger partial charge in [0.1, 0.15) is 6.17 Å². The van der Waals surface area contributed by atoms with Gasteiger partial charge in [0.25, 0.3) is 0 Å². The maximum atomic E-state index is 13.0. The molecule has 4 rings (SSSR count). The van der Waals surface area contributed by atoms with Crippen molar-refractivity contribution < 1.29 is 9.53 Å². The van der Waals surface area contributed by atoms with E-state index in [2.05, 4.69) is 34.1 Å². The number of hydrogen-bond donors (Lipinski definition) is 0. The van der Waals surface area contributed by atoms with Gasteiger partial charge in [-0.15, -0.1) is 0 Å². The minimum atomic E-state index is 0.101. The van der Waals surface area contributed by atoms with Crippen LogP contribution in [0.5, 0.6) is 0 Å². The average Bonchev–Trinajstić information content (AvgIpc) is 3.16. The summed E-state index contributed by atoms with van der Waals surface area (Å²) in [5, 5.41) is 0. The lowest BCUT2D eigenvalue weighted by molar-refractivity contribution is 0.0374. The number of ether oxygens (including phenoxy) is 1. The van der Waals surface area contributed by atoms with Gasteiger partial charge in [0.2, 0.25) is 0 Å². The lowest BCUT2D eigenvalue weighted by atomic mass is 10.1. The van der Waals surface area contributed by atoms with Gasteiger partial charge in [-0.25, -0.2) is 4.79 Å². The molecule has 3 aliphatic heterocycles. The number of benzene rings is 1. The molecule has 2 amide bonds. The Balaban J connectivity index is 1.60. The Morgan fingerprint density at radius 2 is 1.86 bits per heavy atom. The van der Waals surface area contributed by atoms with Gasteiger partial charge >= 0.3 is 6.03 Å². The van der Waals surface area contributed by atoms with Crippen molar-refractivity contribution in [1.29, 1.82) is 0 Å². The van der Waals surface area contributed by atoms with Crippen LogP contribution in [0.25, 0.3) is 0 Å². The molecule has 2 atom stereocenters. The van der Waals surface area contributed by atoms with Gasteiger partial charge < -0.3 is 14.5 Å². The quantitative estimate of drug-likeness (QED) is 0.795. The molecule has 1 aromatic carbocycles. The van der Waals surface area contributed by atoms with E-state index in [0.29, 0.717) is 32.3 Å². The van der Waals surface area contributed by atoms with E-state index in [-0.39, 0.29) is 12.2 Å². The molecular weight excluding hydrogens is 278 g/mol. The second-order valence-corrected chi connectivity index (χ2v) is 6.35. The van der Waals surface area contributed by atoms with Crippen molar-refractivity contribution >= 4 is 6.03 Å². The first-order valence-corrected chi connectivity index (χ1v) is 8.28. The molecule has 3 heterocycles. The van der Waals surface area contributed by atoms with E-state index in [1.807, 2.05) is 11.0 Å². The Kier molecular flexibility index (Phi) is 3.76. The molecule has 5 nitrogen and oxygen atoms in total. The van der Waals surface area contributed by atoms with Crippen molar-refractivity contribution in [3.63, 3.8) is 0 Å². The lowest BCUT2D eigenvalue weighted by Crippen LogP contribution is -2.48. The van der Waals surface area contributed by atoms with Crippen LogP contribution in [0.2, 0.25) is 0 Å². The highest BCUT2D eigenvalue weighted by atomic mass is 16.5. The molecule has 0 spiro atoms. The van der Waals surface area contributed by atoms with Gasteiger partial charge in [-0.3, -0.25) is 4.90 Å². The van der Waals surface area contributed by atoms with Crippen LogP contribution in [-0.4, -0.2) is 66.2 Å². The maximum Gasteiger partial charge on any atom is 0.321 e. The summed E-state index contributed by atoms with van der Waals surface area (Å²) in [6.45, 7) is 4.68. The number of morpholine rings is 1. The third-order valence-electron chi connectivity index (χ3n) is 5.06. The predicted molar refractivity (Wildman–Crippen MR) is 83.4 cm³/mol. The first kappa shape index (κ1) is 14.0. The van der Waals surface area contributed by atoms with Crippen molar-refractivity contribution in [1.82, 2.24) is 14.7 Å². The van der Waals surface area contributed by atoms with Gasteiger partial charge in [0.15, 0.2) is 0 Å². The summed E-state index contributed by atoms with van der Waals surface area (Å²) in [5.74, 6) is 0. The van der Waals surface area contributed by atoms with Gasteiger partial charge in [-0.05, 0) is 18.4 Å². The number of urea groups is 1. The van der Waals surface area contributed by atoms with Crippen LogP contribution in [0.3, 0.4) is 0 Å². The summed E-state index contributed by atoms with van der Waals surface area (Å²) < 4.78 is 5.38. The molecule has 3 fully saturated rings. The minimum Gasteiger partial charge on any atom is -0.378 e. The summed E-state index contributed by atoms with van der Waals surface area (Å²) in [6.07, 6.45) is 2.55. The van der Waals surface area contributed by atoms with Crippen LogP contribution in [-0.2, 0) is 4.74 Å². The van der Waals surface area contributed by atoms with Gasteiger partial charge in [-0.2, -0.15) is 0 Å². The molecule has 0 radical (unpaired) electrons. The van der Waals surface area contributed by atoms with Gasteiger partial charge in [-0.1, -0.05) is 30.3 Å². The third kappa shape index (κ3) is 2.38. The maximum absolute atomic E-state index is 13.0. The van der Waals surface area contributed by atoms with Crippen LogP contribution in [0, 0.1) is 0 Å². The molecule has 118 valence electrons. The number of nitrogens with zero attached hydrogens (tertiary/aromatic N) is 3. The Labute approximate surface area is 131 Å². The highest BCUT2D eigenvalue weighted by Gasteiger charge is 2.45. The lowest BCUT2D eigenvalue weighted by Gasteiger charge is -2.35. The number of carbonyl (C=O) groups excluding carboxylic acids is 1. The zero-order chi connectivity index (χ0) is 14.9. The average molecular weight is 301 g/mol. The molecule has 1 aromatic rings. The second-order valence-electron chi connectivity index (χ2n) is 6.35. The van der Waals surface area contributed by atoms with E-state index in [1.54, 1.807) is 0 Å². The molecule has 3 saturated heterocycles. The highest BCUT2D eigenvalue weighted by molar-refractivity contribution is 5.75. The summed E-state index contributed by atoms with van der Waals surface area (Å²) in [5.41, 5.74) is 1.23. The summed E-state index contributed by atoms with van der Waals surface area (Å²) in [6, 6.07) is 11.2. The van der Waals surface area contributed by atoms with Crippen molar-refractivity contribution in [3.05, 3.63) is 35.9 Å². The molecule has 0 bridgehead atoms. The smallest absolute Gasteiger partial charge is 0.321 e. The first-order valence-electron chi connectivity index (χ1n) is 8.28. The second kappa shape index (κ2) is 5.89. The summed E-state index contributed by atoms with van der Waals surface area (Å²) in [4.78, 5) is 19.5. The zero-order valence-electron chi connectivity index (χ0n) is 12.9. The molecule has 3 aliphatic rings. The van der Waals surface area contributed by atoms with Crippen LogP contribution in [0.1, 0.15) is 24.6 Å². The number of amides is 2. The predicted octanol–water partition coefficient (Wildman–Crippen LogP) is 1.92. The Bertz CT molecular complexity index is 530. The number of fused-ring (bicyclic) bond motifs is 1. The summed E-state index contributed by atoms with van der Waals surface area (Å²) in [7, 11) is 0. The van der Waals surface area contributed by atoms with Crippen molar-refractivity contribution in [2.45, 2.75) is 25.0 Å². The molecule has 5 heteroatoms. The third-order valence-corrected chi connectivity index (χ3v) is 5.06. The normalized spacial score (nSPS) is 28.9. The molecule has 0 saturated carbocycles. The summed E-state index contributed by atoms with van der Waals surface area (Å²) >= 11 is 0. The Morgan fingerprint density at radius 1 is 1.09 bits per heavy atom. The van der Waals surface area contributed by atoms with E-state index in [0.717, 1.165) is 13.1 Å². The van der Waals surface area contributed by atoms with Crippen molar-refractivity contribution in [2.75, 3.05) is 39.4 Å². The van der Waals surface area contributed by atoms with Crippen LogP contribution in [0.15, 0.2) is 30.3 Å².